The van der Waals surface area contributed by atoms with E-state index in [1.54, 1.807) is 6.20 Å². The molecule has 0 unspecified atom stereocenters. The molecule has 3 aromatic rings. The Bertz CT molecular complexity index is 1170. The van der Waals surface area contributed by atoms with E-state index in [-0.39, 0.29) is 24.6 Å². The number of nitrogens with zero attached hydrogens (tertiary/aromatic N) is 3. The van der Waals surface area contributed by atoms with E-state index in [2.05, 4.69) is 66.8 Å². The van der Waals surface area contributed by atoms with Crippen molar-refractivity contribution in [3.05, 3.63) is 82.4 Å². The summed E-state index contributed by atoms with van der Waals surface area (Å²) in [6, 6.07) is 14.0. The van der Waals surface area contributed by atoms with Crippen molar-refractivity contribution in [2.24, 2.45) is 0 Å². The molecular weight excluding hydrogens is 432 g/mol. The first-order valence-corrected chi connectivity index (χ1v) is 11.6. The van der Waals surface area contributed by atoms with Crippen LogP contribution in [0.2, 0.25) is 0 Å². The van der Waals surface area contributed by atoms with Crippen LogP contribution in [-0.2, 0) is 9.53 Å². The molecule has 4 rings (SSSR count). The van der Waals surface area contributed by atoms with E-state index in [0.29, 0.717) is 11.7 Å². The summed E-state index contributed by atoms with van der Waals surface area (Å²) < 4.78 is 7.55. The summed E-state index contributed by atoms with van der Waals surface area (Å²) in [7, 11) is 0. The van der Waals surface area contributed by atoms with Gasteiger partial charge >= 0.3 is 5.97 Å². The maximum atomic E-state index is 12.5. The van der Waals surface area contributed by atoms with Crippen molar-refractivity contribution in [1.29, 1.82) is 0 Å². The van der Waals surface area contributed by atoms with Gasteiger partial charge in [-0.2, -0.15) is 0 Å². The highest BCUT2D eigenvalue weighted by molar-refractivity contribution is 7.80. The van der Waals surface area contributed by atoms with Gasteiger partial charge in [-0.3, -0.25) is 9.78 Å². The minimum atomic E-state index is -0.295. The first-order valence-electron chi connectivity index (χ1n) is 11.2. The van der Waals surface area contributed by atoms with Gasteiger partial charge in [0.25, 0.3) is 0 Å². The van der Waals surface area contributed by atoms with Crippen molar-refractivity contribution in [2.75, 3.05) is 13.2 Å². The minimum absolute atomic E-state index is 0.0841. The van der Waals surface area contributed by atoms with Crippen LogP contribution < -0.4 is 5.32 Å². The summed E-state index contributed by atoms with van der Waals surface area (Å²) in [5.41, 5.74) is 7.88. The molecule has 7 heteroatoms. The third-order valence-corrected chi connectivity index (χ3v) is 6.61. The highest BCUT2D eigenvalue weighted by atomic mass is 32.1. The molecule has 2 aromatic heterocycles. The maximum Gasteiger partial charge on any atom is 0.325 e. The molecule has 1 saturated heterocycles. The summed E-state index contributed by atoms with van der Waals surface area (Å²) in [5, 5.41) is 3.94. The maximum absolute atomic E-state index is 12.5. The van der Waals surface area contributed by atoms with E-state index in [9.17, 15) is 4.79 Å². The first kappa shape index (κ1) is 23.0. The Morgan fingerprint density at radius 1 is 1.12 bits per heavy atom. The van der Waals surface area contributed by atoms with Gasteiger partial charge < -0.3 is 19.5 Å². The molecule has 0 radical (unpaired) electrons. The molecule has 1 aliphatic heterocycles. The molecule has 0 bridgehead atoms. The monoisotopic (exact) mass is 462 g/mol. The van der Waals surface area contributed by atoms with E-state index in [1.807, 2.05) is 30.0 Å². The zero-order valence-electron chi connectivity index (χ0n) is 19.8. The lowest BCUT2D eigenvalue weighted by Crippen LogP contribution is -2.35. The van der Waals surface area contributed by atoms with Crippen molar-refractivity contribution < 1.29 is 9.53 Å². The lowest BCUT2D eigenvalue weighted by Gasteiger charge is -2.27. The Morgan fingerprint density at radius 3 is 2.48 bits per heavy atom. The number of aromatic nitrogens is 2. The number of hydrogen-bond donors (Lipinski definition) is 1. The fraction of sp³-hybridized carbons (Fsp3) is 0.346. The van der Waals surface area contributed by atoms with Gasteiger partial charge in [-0.1, -0.05) is 24.3 Å². The van der Waals surface area contributed by atoms with Crippen LogP contribution in [-0.4, -0.2) is 38.7 Å². The number of thiocarbonyl (C=S) groups is 1. The molecule has 1 aliphatic rings. The topological polar surface area (TPSA) is 59.4 Å². The van der Waals surface area contributed by atoms with Crippen molar-refractivity contribution in [3.8, 4) is 5.69 Å². The Kier molecular flexibility index (Phi) is 6.51. The largest absolute Gasteiger partial charge is 0.465 e. The van der Waals surface area contributed by atoms with Crippen LogP contribution in [0, 0.1) is 27.7 Å². The van der Waals surface area contributed by atoms with Crippen LogP contribution in [0.4, 0.5) is 0 Å². The van der Waals surface area contributed by atoms with Gasteiger partial charge in [0, 0.05) is 17.6 Å². The Balaban J connectivity index is 1.85. The van der Waals surface area contributed by atoms with Gasteiger partial charge in [-0.15, -0.1) is 0 Å². The minimum Gasteiger partial charge on any atom is -0.465 e. The number of esters is 1. The van der Waals surface area contributed by atoms with E-state index in [4.69, 9.17) is 17.0 Å². The number of carbonyl (C=O) groups excluding carboxylic acids is 1. The predicted molar refractivity (Wildman–Crippen MR) is 134 cm³/mol. The van der Waals surface area contributed by atoms with E-state index in [1.165, 1.54) is 16.8 Å². The lowest BCUT2D eigenvalue weighted by atomic mass is 9.96. The highest BCUT2D eigenvalue weighted by Gasteiger charge is 2.42. The number of nitrogens with one attached hydrogen (secondary N) is 1. The number of ether oxygens (including phenoxy) is 1. The van der Waals surface area contributed by atoms with Crippen LogP contribution in [0.3, 0.4) is 0 Å². The summed E-state index contributed by atoms with van der Waals surface area (Å²) in [6.07, 6.45) is 1.78. The van der Waals surface area contributed by atoms with E-state index >= 15 is 0 Å². The van der Waals surface area contributed by atoms with E-state index in [0.717, 1.165) is 22.6 Å². The van der Waals surface area contributed by atoms with Crippen molar-refractivity contribution in [2.45, 2.75) is 46.7 Å². The molecule has 0 aliphatic carbocycles. The number of rotatable bonds is 6. The Labute approximate surface area is 200 Å². The molecular formula is C26H30N4O2S. The molecule has 1 fully saturated rings. The number of para-hydroxylation sites is 1. The average Bonchev–Trinajstić information content (AvgIpc) is 3.25. The van der Waals surface area contributed by atoms with Crippen LogP contribution in [0.5, 0.6) is 0 Å². The van der Waals surface area contributed by atoms with Crippen molar-refractivity contribution in [1.82, 2.24) is 19.8 Å². The molecule has 2 atom stereocenters. The summed E-state index contributed by atoms with van der Waals surface area (Å²) in [5.74, 6) is -0.295. The molecule has 0 saturated carbocycles. The zero-order chi connectivity index (χ0) is 23.7. The van der Waals surface area contributed by atoms with Crippen molar-refractivity contribution >= 4 is 23.3 Å². The second-order valence-electron chi connectivity index (χ2n) is 8.46. The zero-order valence-corrected chi connectivity index (χ0v) is 20.6. The molecule has 172 valence electrons. The van der Waals surface area contributed by atoms with E-state index < -0.39 is 0 Å². The summed E-state index contributed by atoms with van der Waals surface area (Å²) in [6.45, 7) is 10.8. The Morgan fingerprint density at radius 2 is 1.85 bits per heavy atom. The van der Waals surface area contributed by atoms with Gasteiger partial charge in [0.15, 0.2) is 5.11 Å². The second kappa shape index (κ2) is 9.35. The number of hydrogen-bond acceptors (Lipinski definition) is 4. The number of carbonyl (C=O) groups is 1. The number of pyridine rings is 1. The van der Waals surface area contributed by atoms with Gasteiger partial charge in [0.05, 0.1) is 30.1 Å². The Hall–Kier alpha value is -3.19. The summed E-state index contributed by atoms with van der Waals surface area (Å²) >= 11 is 5.69. The van der Waals surface area contributed by atoms with Gasteiger partial charge in [0.2, 0.25) is 0 Å². The fourth-order valence-electron chi connectivity index (χ4n) is 4.85. The SMILES string of the molecule is CCOC(=O)CN1C(=S)N[C@H](c2ccccn2)[C@@H]1c1cc(C)n(-c2c(C)cccc2C)c1C. The number of aryl methyl sites for hydroxylation is 3. The summed E-state index contributed by atoms with van der Waals surface area (Å²) in [4.78, 5) is 19.0. The third kappa shape index (κ3) is 4.25. The molecule has 6 nitrogen and oxygen atoms in total. The molecule has 3 heterocycles. The van der Waals surface area contributed by atoms with Crippen LogP contribution in [0.1, 0.15) is 52.8 Å². The van der Waals surface area contributed by atoms with Crippen LogP contribution in [0.15, 0.2) is 48.7 Å². The average molecular weight is 463 g/mol. The highest BCUT2D eigenvalue weighted by Crippen LogP contribution is 2.41. The van der Waals surface area contributed by atoms with Gasteiger partial charge in [0.1, 0.15) is 6.54 Å². The molecule has 1 aromatic carbocycles. The number of benzene rings is 1. The molecule has 1 N–H and O–H groups in total. The second-order valence-corrected chi connectivity index (χ2v) is 8.85. The molecule has 33 heavy (non-hydrogen) atoms. The van der Waals surface area contributed by atoms with Gasteiger partial charge in [-0.05, 0) is 81.7 Å². The molecule has 0 spiro atoms. The predicted octanol–water partition coefficient (Wildman–Crippen LogP) is 4.64. The van der Waals surface area contributed by atoms with Crippen LogP contribution >= 0.6 is 12.2 Å². The third-order valence-electron chi connectivity index (χ3n) is 6.25. The van der Waals surface area contributed by atoms with Crippen molar-refractivity contribution in [3.63, 3.8) is 0 Å². The van der Waals surface area contributed by atoms with Crippen LogP contribution in [0.25, 0.3) is 5.69 Å². The van der Waals surface area contributed by atoms with Gasteiger partial charge in [-0.25, -0.2) is 0 Å². The standard InChI is InChI=1S/C26H30N4O2S/c1-6-32-22(31)15-29-25(23(28-26(29)33)21-12-7-8-13-27-21)20-14-18(4)30(19(20)5)24-16(2)10-9-11-17(24)3/h7-14,23,25H,6,15H2,1-5H3,(H,28,33)/t23-,25+/m1/s1. The first-order chi connectivity index (χ1) is 15.8. The lowest BCUT2D eigenvalue weighted by molar-refractivity contribution is -0.143. The molecule has 0 amide bonds. The normalized spacial score (nSPS) is 17.8. The smallest absolute Gasteiger partial charge is 0.325 e. The quantitative estimate of drug-likeness (QED) is 0.425. The fourth-order valence-corrected chi connectivity index (χ4v) is 5.15.